The van der Waals surface area contributed by atoms with Gasteiger partial charge < -0.3 is 19.7 Å². The van der Waals surface area contributed by atoms with E-state index in [0.717, 1.165) is 32.1 Å². The number of hydrogen-bond acceptors (Lipinski definition) is 5. The first-order valence-corrected chi connectivity index (χ1v) is 11.5. The molecule has 1 saturated carbocycles. The molecule has 0 aliphatic heterocycles. The van der Waals surface area contributed by atoms with E-state index in [1.54, 1.807) is 30.3 Å². The van der Waals surface area contributed by atoms with Crippen LogP contribution in [-0.4, -0.2) is 41.1 Å². The van der Waals surface area contributed by atoms with Crippen LogP contribution < -0.4 is 4.74 Å². The number of esters is 1. The molecule has 0 radical (unpaired) electrons. The highest BCUT2D eigenvalue weighted by atomic mass is 35.5. The van der Waals surface area contributed by atoms with Gasteiger partial charge in [0.2, 0.25) is 0 Å². The Morgan fingerprint density at radius 3 is 2.84 bits per heavy atom. The number of unbranched alkanes of at least 4 members (excludes halogenated alkanes) is 1. The van der Waals surface area contributed by atoms with Gasteiger partial charge in [-0.1, -0.05) is 42.0 Å². The minimum absolute atomic E-state index is 0.0199. The lowest BCUT2D eigenvalue weighted by Crippen LogP contribution is -2.19. The van der Waals surface area contributed by atoms with E-state index < -0.39 is 6.10 Å². The van der Waals surface area contributed by atoms with Crippen molar-refractivity contribution in [1.82, 2.24) is 0 Å². The predicted molar refractivity (Wildman–Crippen MR) is 123 cm³/mol. The molecule has 0 heterocycles. The summed E-state index contributed by atoms with van der Waals surface area (Å²) in [6.07, 6.45) is 11.3. The summed E-state index contributed by atoms with van der Waals surface area (Å²) in [6.45, 7) is 3.83. The predicted octanol–water partition coefficient (Wildman–Crippen LogP) is 5.09. The summed E-state index contributed by atoms with van der Waals surface area (Å²) in [7, 11) is 0. The molecule has 0 unspecified atom stereocenters. The molecule has 172 valence electrons. The molecular weight excluding hydrogens is 416 g/mol. The molecule has 1 fully saturated rings. The average Bonchev–Trinajstić information content (AvgIpc) is 3.06. The summed E-state index contributed by atoms with van der Waals surface area (Å²) in [5.74, 6) is 0.827. The number of aliphatic hydroxyl groups excluding tert-OH is 2. The third kappa shape index (κ3) is 9.90. The van der Waals surface area contributed by atoms with Gasteiger partial charge in [0.15, 0.2) is 0 Å². The van der Waals surface area contributed by atoms with E-state index in [2.05, 4.69) is 12.2 Å². The van der Waals surface area contributed by atoms with Crippen LogP contribution in [0.15, 0.2) is 48.6 Å². The third-order valence-electron chi connectivity index (χ3n) is 5.32. The fourth-order valence-corrected chi connectivity index (χ4v) is 3.95. The highest BCUT2D eigenvalue weighted by molar-refractivity contribution is 6.30. The normalized spacial score (nSPS) is 22.5. The number of allylic oxidation sites excluding steroid dienone is 2. The molecule has 6 heteroatoms. The van der Waals surface area contributed by atoms with Gasteiger partial charge in [-0.15, -0.1) is 0 Å². The third-order valence-corrected chi connectivity index (χ3v) is 5.55. The minimum atomic E-state index is -0.756. The maximum absolute atomic E-state index is 11.5. The Kier molecular flexibility index (Phi) is 11.1. The molecule has 2 rings (SSSR count). The zero-order valence-corrected chi connectivity index (χ0v) is 19.2. The van der Waals surface area contributed by atoms with Crippen molar-refractivity contribution in [3.63, 3.8) is 0 Å². The summed E-state index contributed by atoms with van der Waals surface area (Å²) in [4.78, 5) is 11.5. The molecule has 1 aliphatic rings. The zero-order chi connectivity index (χ0) is 22.6. The summed E-state index contributed by atoms with van der Waals surface area (Å²) in [6, 6.07) is 7.05. The van der Waals surface area contributed by atoms with Crippen LogP contribution in [0.1, 0.15) is 52.4 Å². The molecule has 1 aromatic carbocycles. The molecule has 5 nitrogen and oxygen atoms in total. The van der Waals surface area contributed by atoms with Crippen LogP contribution >= 0.6 is 11.6 Å². The molecule has 0 spiro atoms. The number of carbonyl (C=O) groups excluding carboxylic acids is 1. The van der Waals surface area contributed by atoms with Crippen LogP contribution in [-0.2, 0) is 9.53 Å². The van der Waals surface area contributed by atoms with Crippen LogP contribution in [0.5, 0.6) is 5.75 Å². The van der Waals surface area contributed by atoms with Crippen molar-refractivity contribution in [2.75, 3.05) is 6.61 Å². The van der Waals surface area contributed by atoms with Gasteiger partial charge in [-0.25, -0.2) is 0 Å². The SMILES string of the molecule is CC(C)OC(=O)CCCC=CC[C@H]1CC[C@@H](O)[C@@H]1C=C[C@@H](O)COc1cccc(Cl)c1. The van der Waals surface area contributed by atoms with Crippen LogP contribution in [0.25, 0.3) is 0 Å². The summed E-state index contributed by atoms with van der Waals surface area (Å²) in [5.41, 5.74) is 0. The van der Waals surface area contributed by atoms with E-state index in [-0.39, 0.29) is 30.7 Å². The number of carbonyl (C=O) groups is 1. The topological polar surface area (TPSA) is 76.0 Å². The Morgan fingerprint density at radius 2 is 2.10 bits per heavy atom. The van der Waals surface area contributed by atoms with Crippen molar-refractivity contribution in [3.8, 4) is 5.75 Å². The first-order valence-electron chi connectivity index (χ1n) is 11.1. The summed E-state index contributed by atoms with van der Waals surface area (Å²) < 4.78 is 10.7. The fraction of sp³-hybridized carbons (Fsp3) is 0.560. The highest BCUT2D eigenvalue weighted by Gasteiger charge is 2.32. The summed E-state index contributed by atoms with van der Waals surface area (Å²) >= 11 is 5.93. The van der Waals surface area contributed by atoms with Gasteiger partial charge >= 0.3 is 5.97 Å². The lowest BCUT2D eigenvalue weighted by atomic mass is 9.91. The Hall–Kier alpha value is -1.82. The van der Waals surface area contributed by atoms with Crippen molar-refractivity contribution in [2.24, 2.45) is 11.8 Å². The largest absolute Gasteiger partial charge is 0.491 e. The van der Waals surface area contributed by atoms with Gasteiger partial charge in [0.1, 0.15) is 18.5 Å². The van der Waals surface area contributed by atoms with Crippen LogP contribution in [0, 0.1) is 11.8 Å². The minimum Gasteiger partial charge on any atom is -0.491 e. The van der Waals surface area contributed by atoms with E-state index in [0.29, 0.717) is 23.1 Å². The first-order chi connectivity index (χ1) is 14.8. The molecular formula is C25H35ClO5. The van der Waals surface area contributed by atoms with Gasteiger partial charge in [-0.2, -0.15) is 0 Å². The second kappa shape index (κ2) is 13.6. The molecule has 0 aromatic heterocycles. The highest BCUT2D eigenvalue weighted by Crippen LogP contribution is 2.36. The molecule has 31 heavy (non-hydrogen) atoms. The molecule has 1 aliphatic carbocycles. The number of ether oxygens (including phenoxy) is 2. The lowest BCUT2D eigenvalue weighted by molar-refractivity contribution is -0.147. The van der Waals surface area contributed by atoms with Crippen LogP contribution in [0.3, 0.4) is 0 Å². The van der Waals surface area contributed by atoms with Gasteiger partial charge in [0, 0.05) is 17.4 Å². The maximum Gasteiger partial charge on any atom is 0.306 e. The fourth-order valence-electron chi connectivity index (χ4n) is 3.77. The molecule has 0 bridgehead atoms. The monoisotopic (exact) mass is 450 g/mol. The molecule has 4 atom stereocenters. The Morgan fingerprint density at radius 1 is 1.29 bits per heavy atom. The van der Waals surface area contributed by atoms with Crippen molar-refractivity contribution in [3.05, 3.63) is 53.6 Å². The average molecular weight is 451 g/mol. The van der Waals surface area contributed by atoms with Gasteiger partial charge in [-0.3, -0.25) is 4.79 Å². The van der Waals surface area contributed by atoms with E-state index in [9.17, 15) is 15.0 Å². The first kappa shape index (κ1) is 25.4. The Bertz CT molecular complexity index is 730. The molecule has 0 saturated heterocycles. The lowest BCUT2D eigenvalue weighted by Gasteiger charge is -2.18. The van der Waals surface area contributed by atoms with Gasteiger partial charge in [-0.05, 0) is 70.1 Å². The van der Waals surface area contributed by atoms with Crippen molar-refractivity contribution in [2.45, 2.75) is 70.7 Å². The molecule has 0 amide bonds. The van der Waals surface area contributed by atoms with Gasteiger partial charge in [0.25, 0.3) is 0 Å². The number of halogens is 1. The maximum atomic E-state index is 11.5. The van der Waals surface area contributed by atoms with E-state index in [4.69, 9.17) is 21.1 Å². The number of hydrogen-bond donors (Lipinski definition) is 2. The molecule has 2 N–H and O–H groups in total. The zero-order valence-electron chi connectivity index (χ0n) is 18.5. The Labute approximate surface area is 190 Å². The number of rotatable bonds is 12. The molecule has 1 aromatic rings. The van der Waals surface area contributed by atoms with Crippen LogP contribution in [0.4, 0.5) is 0 Å². The van der Waals surface area contributed by atoms with Crippen LogP contribution in [0.2, 0.25) is 5.02 Å². The second-order valence-corrected chi connectivity index (χ2v) is 8.78. The van der Waals surface area contributed by atoms with E-state index >= 15 is 0 Å². The van der Waals surface area contributed by atoms with E-state index in [1.165, 1.54) is 0 Å². The second-order valence-electron chi connectivity index (χ2n) is 8.34. The van der Waals surface area contributed by atoms with Crippen molar-refractivity contribution >= 4 is 17.6 Å². The quantitative estimate of drug-likeness (QED) is 0.263. The van der Waals surface area contributed by atoms with E-state index in [1.807, 2.05) is 19.9 Å². The Balaban J connectivity index is 1.72. The summed E-state index contributed by atoms with van der Waals surface area (Å²) in [5, 5.41) is 21.1. The van der Waals surface area contributed by atoms with Crippen molar-refractivity contribution in [1.29, 1.82) is 0 Å². The van der Waals surface area contributed by atoms with Crippen molar-refractivity contribution < 1.29 is 24.5 Å². The number of aliphatic hydroxyl groups is 2. The number of benzene rings is 1. The standard InChI is InChI=1S/C25H35ClO5/c1-18(2)31-25(29)11-6-4-3-5-8-19-12-15-24(28)23(19)14-13-21(27)17-30-22-10-7-9-20(26)16-22/h3,5,7,9-10,13-14,16,18-19,21,23-24,27-28H,4,6,8,11-12,15,17H2,1-2H3/t19-,21+,23+,24+/m0/s1. The van der Waals surface area contributed by atoms with Gasteiger partial charge in [0.05, 0.1) is 12.2 Å². The smallest absolute Gasteiger partial charge is 0.306 e.